The van der Waals surface area contributed by atoms with E-state index in [1.54, 1.807) is 0 Å². The fraction of sp³-hybridized carbons (Fsp3) is 0.667. The smallest absolute Gasteiger partial charge is 0.317 e. The number of ether oxygens (including phenoxy) is 3. The van der Waals surface area contributed by atoms with Gasteiger partial charge in [-0.1, -0.05) is 0 Å². The maximum absolute atomic E-state index is 11.3. The third kappa shape index (κ3) is 9.75. The van der Waals surface area contributed by atoms with Crippen LogP contribution in [0.25, 0.3) is 0 Å². The lowest BCUT2D eigenvalue weighted by molar-refractivity contribution is -0.163. The number of hydrogen-bond donors (Lipinski definition) is 0. The van der Waals surface area contributed by atoms with Gasteiger partial charge in [0.25, 0.3) is 0 Å². The van der Waals surface area contributed by atoms with Gasteiger partial charge in [-0.15, -0.1) is 0 Å². The molecule has 0 N–H and O–H groups in total. The molecule has 2 unspecified atom stereocenters. The van der Waals surface area contributed by atoms with Crippen molar-refractivity contribution in [2.24, 2.45) is 0 Å². The molecule has 0 aliphatic carbocycles. The molecule has 0 saturated heterocycles. The summed E-state index contributed by atoms with van der Waals surface area (Å²) in [7, 11) is 0. The zero-order chi connectivity index (χ0) is 15.0. The molecule has 0 bridgehead atoms. The van der Waals surface area contributed by atoms with Gasteiger partial charge < -0.3 is 14.2 Å². The maximum atomic E-state index is 11.3. The van der Waals surface area contributed by atoms with Crippen molar-refractivity contribution in [1.82, 2.24) is 0 Å². The molecule has 0 radical (unpaired) electrons. The summed E-state index contributed by atoms with van der Waals surface area (Å²) < 4.78 is 13.9. The summed E-state index contributed by atoms with van der Waals surface area (Å²) in [6.45, 7) is 5.45. The van der Waals surface area contributed by atoms with Gasteiger partial charge in [-0.3, -0.25) is 19.2 Å². The van der Waals surface area contributed by atoms with Crippen molar-refractivity contribution in [2.45, 2.75) is 52.7 Å². The zero-order valence-electron chi connectivity index (χ0n) is 11.4. The van der Waals surface area contributed by atoms with Gasteiger partial charge in [0.2, 0.25) is 0 Å². The Labute approximate surface area is 111 Å². The van der Waals surface area contributed by atoms with Crippen LogP contribution in [0.15, 0.2) is 0 Å². The highest BCUT2D eigenvalue weighted by atomic mass is 16.6. The van der Waals surface area contributed by atoms with Crippen LogP contribution in [0.2, 0.25) is 0 Å². The number of esters is 4. The van der Waals surface area contributed by atoms with Gasteiger partial charge in [0.05, 0.1) is 12.8 Å². The van der Waals surface area contributed by atoms with Crippen LogP contribution in [0, 0.1) is 0 Å². The minimum Gasteiger partial charge on any atom is -0.462 e. The highest BCUT2D eigenvalue weighted by Crippen LogP contribution is 2.04. The van der Waals surface area contributed by atoms with Crippen molar-refractivity contribution in [3.63, 3.8) is 0 Å². The van der Waals surface area contributed by atoms with Crippen LogP contribution in [0.1, 0.15) is 40.5 Å². The second-order valence-corrected chi connectivity index (χ2v) is 4.09. The van der Waals surface area contributed by atoms with Crippen molar-refractivity contribution in [3.8, 4) is 0 Å². The molecule has 0 saturated carbocycles. The number of rotatable bonds is 6. The van der Waals surface area contributed by atoms with E-state index >= 15 is 0 Å². The van der Waals surface area contributed by atoms with Crippen LogP contribution in [0.4, 0.5) is 0 Å². The topological polar surface area (TPSA) is 96.0 Å². The van der Waals surface area contributed by atoms with E-state index in [0.717, 1.165) is 0 Å². The Morgan fingerprint density at radius 3 is 1.37 bits per heavy atom. The minimum absolute atomic E-state index is 0.215. The van der Waals surface area contributed by atoms with Crippen LogP contribution in [0.3, 0.4) is 0 Å². The van der Waals surface area contributed by atoms with Gasteiger partial charge in [-0.25, -0.2) is 0 Å². The fourth-order valence-electron chi connectivity index (χ4n) is 1.33. The van der Waals surface area contributed by atoms with E-state index in [9.17, 15) is 19.2 Å². The van der Waals surface area contributed by atoms with Gasteiger partial charge in [-0.05, 0) is 13.8 Å². The Morgan fingerprint density at radius 2 is 1.11 bits per heavy atom. The Balaban J connectivity index is 4.02. The van der Waals surface area contributed by atoms with Gasteiger partial charge in [-0.2, -0.15) is 0 Å². The zero-order valence-corrected chi connectivity index (χ0v) is 11.4. The molecule has 0 aromatic rings. The van der Waals surface area contributed by atoms with Crippen molar-refractivity contribution >= 4 is 23.9 Å². The molecule has 0 rings (SSSR count). The van der Waals surface area contributed by atoms with Gasteiger partial charge in [0.1, 0.15) is 12.2 Å². The van der Waals surface area contributed by atoms with Gasteiger partial charge >= 0.3 is 23.9 Å². The summed E-state index contributed by atoms with van der Waals surface area (Å²) in [5, 5.41) is 0. The van der Waals surface area contributed by atoms with Crippen molar-refractivity contribution in [3.05, 3.63) is 0 Å². The Kier molecular flexibility index (Phi) is 7.40. The van der Waals surface area contributed by atoms with Crippen LogP contribution in [-0.4, -0.2) is 36.1 Å². The number of carbonyl (C=O) groups excluding carboxylic acids is 4. The molecule has 0 aliphatic heterocycles. The van der Waals surface area contributed by atoms with Crippen molar-refractivity contribution < 1.29 is 33.4 Å². The molecular weight excluding hydrogens is 256 g/mol. The number of carbonyl (C=O) groups is 4. The predicted octanol–water partition coefficient (Wildman–Crippen LogP) is 0.740. The van der Waals surface area contributed by atoms with Gasteiger partial charge in [0.15, 0.2) is 0 Å². The first-order valence-electron chi connectivity index (χ1n) is 5.78. The molecule has 7 heteroatoms. The minimum atomic E-state index is -0.797. The lowest BCUT2D eigenvalue weighted by Crippen LogP contribution is -2.23. The normalized spacial score (nSPS) is 13.1. The quantitative estimate of drug-likeness (QED) is 0.400. The molecular formula is C12H18O7. The van der Waals surface area contributed by atoms with E-state index < -0.39 is 36.1 Å². The largest absolute Gasteiger partial charge is 0.462 e. The van der Waals surface area contributed by atoms with Crippen molar-refractivity contribution in [2.75, 3.05) is 0 Å². The van der Waals surface area contributed by atoms with Crippen LogP contribution >= 0.6 is 0 Å². The second kappa shape index (κ2) is 8.23. The summed E-state index contributed by atoms with van der Waals surface area (Å²) in [6, 6.07) is 0. The summed E-state index contributed by atoms with van der Waals surface area (Å²) in [6.07, 6.45) is -1.76. The SMILES string of the molecule is CC(=O)OC(C)CC(=O)OC(=O)CC(C)OC(C)=O. The molecule has 108 valence electrons. The Bertz CT molecular complexity index is 327. The molecule has 0 fully saturated rings. The average molecular weight is 274 g/mol. The lowest BCUT2D eigenvalue weighted by Gasteiger charge is -2.12. The molecule has 7 nitrogen and oxygen atoms in total. The summed E-state index contributed by atoms with van der Waals surface area (Å²) in [5.74, 6) is -2.63. The summed E-state index contributed by atoms with van der Waals surface area (Å²) in [4.78, 5) is 43.8. The van der Waals surface area contributed by atoms with Crippen LogP contribution < -0.4 is 0 Å². The predicted molar refractivity (Wildman–Crippen MR) is 62.8 cm³/mol. The first-order chi connectivity index (χ1) is 8.70. The van der Waals surface area contributed by atoms with Gasteiger partial charge in [0, 0.05) is 13.8 Å². The highest BCUT2D eigenvalue weighted by Gasteiger charge is 2.19. The highest BCUT2D eigenvalue weighted by molar-refractivity contribution is 5.86. The van der Waals surface area contributed by atoms with E-state index in [1.807, 2.05) is 0 Å². The average Bonchev–Trinajstić information content (AvgIpc) is 2.12. The lowest BCUT2D eigenvalue weighted by atomic mass is 10.2. The Morgan fingerprint density at radius 1 is 0.789 bits per heavy atom. The molecule has 0 aromatic heterocycles. The fourth-order valence-corrected chi connectivity index (χ4v) is 1.33. The van der Waals surface area contributed by atoms with Crippen LogP contribution in [-0.2, 0) is 33.4 Å². The molecule has 0 amide bonds. The molecule has 19 heavy (non-hydrogen) atoms. The van der Waals surface area contributed by atoms with E-state index in [1.165, 1.54) is 27.7 Å². The molecule has 0 aromatic carbocycles. The van der Waals surface area contributed by atoms with E-state index in [4.69, 9.17) is 9.47 Å². The molecule has 0 aliphatic rings. The number of hydrogen-bond acceptors (Lipinski definition) is 7. The third-order valence-corrected chi connectivity index (χ3v) is 1.87. The molecule has 0 heterocycles. The summed E-state index contributed by atoms with van der Waals surface area (Å²) >= 11 is 0. The first kappa shape index (κ1) is 17.1. The second-order valence-electron chi connectivity index (χ2n) is 4.09. The molecule has 2 atom stereocenters. The van der Waals surface area contributed by atoms with E-state index in [2.05, 4.69) is 4.74 Å². The van der Waals surface area contributed by atoms with Crippen molar-refractivity contribution in [1.29, 1.82) is 0 Å². The Hall–Kier alpha value is -1.92. The first-order valence-corrected chi connectivity index (χ1v) is 5.78. The van der Waals surface area contributed by atoms with E-state index in [-0.39, 0.29) is 12.8 Å². The monoisotopic (exact) mass is 274 g/mol. The summed E-state index contributed by atoms with van der Waals surface area (Å²) in [5.41, 5.74) is 0. The maximum Gasteiger partial charge on any atom is 0.317 e. The molecule has 0 spiro atoms. The standard InChI is InChI=1S/C12H18O7/c1-7(17-9(3)13)5-11(15)19-12(16)6-8(2)18-10(4)14/h7-8H,5-6H2,1-4H3. The van der Waals surface area contributed by atoms with E-state index in [0.29, 0.717) is 0 Å². The third-order valence-electron chi connectivity index (χ3n) is 1.87. The van der Waals surface area contributed by atoms with Crippen LogP contribution in [0.5, 0.6) is 0 Å².